The molecule has 0 spiro atoms. The summed E-state index contributed by atoms with van der Waals surface area (Å²) in [5.41, 5.74) is 0. The Kier molecular flexibility index (Phi) is 21.8. The molecular formula is C18H37AlO4. The quantitative estimate of drug-likeness (QED) is 0.353. The minimum Gasteiger partial charge on any atom is -0.550 e. The van der Waals surface area contributed by atoms with E-state index < -0.39 is 5.97 Å². The van der Waals surface area contributed by atoms with Crippen LogP contribution in [0.2, 0.25) is 0 Å². The summed E-state index contributed by atoms with van der Waals surface area (Å²) < 4.78 is 10.4. The van der Waals surface area contributed by atoms with Crippen molar-refractivity contribution in [1.82, 2.24) is 0 Å². The van der Waals surface area contributed by atoms with Crippen LogP contribution in [-0.2, 0) is 12.4 Å². The van der Waals surface area contributed by atoms with Crippen molar-refractivity contribution in [2.75, 3.05) is 0 Å². The standard InChI is InChI=1S/C12H24O2.2C3H7O.Al/c1-2-3-4-5-6-7-8-9-10-11-12(13)14;2*1-3(2)4;/h2-11H2,1H3,(H,13,14);2*3H,1-2H3;/q;2*-1;+3/p-1. The molecule has 23 heavy (non-hydrogen) atoms. The van der Waals surface area contributed by atoms with Gasteiger partial charge < -0.3 is 9.90 Å². The Morgan fingerprint density at radius 3 is 1.57 bits per heavy atom. The predicted octanol–water partition coefficient (Wildman–Crippen LogP) is 4.03. The third-order valence-electron chi connectivity index (χ3n) is 3.14. The maximum absolute atomic E-state index is 10.1. The number of carboxylic acid groups (broad SMARTS) is 1. The Balaban J connectivity index is 0. The van der Waals surface area contributed by atoms with E-state index in [1.165, 1.54) is 44.9 Å². The second kappa shape index (κ2) is 20.0. The van der Waals surface area contributed by atoms with E-state index in [2.05, 4.69) is 6.92 Å². The summed E-state index contributed by atoms with van der Waals surface area (Å²) in [5.74, 6) is -0.909. The normalized spacial score (nSPS) is 10.4. The van der Waals surface area contributed by atoms with Crippen molar-refractivity contribution in [1.29, 1.82) is 0 Å². The Labute approximate surface area is 150 Å². The number of unbranched alkanes of at least 4 members (excludes halogenated alkanes) is 8. The minimum atomic E-state index is -0.909. The van der Waals surface area contributed by atoms with E-state index in [-0.39, 0.29) is 22.3 Å². The molecule has 136 valence electrons. The molecule has 0 saturated heterocycles. The van der Waals surface area contributed by atoms with E-state index in [9.17, 15) is 9.90 Å². The van der Waals surface area contributed by atoms with E-state index in [4.69, 9.17) is 7.58 Å². The first-order chi connectivity index (χ1) is 10.9. The molecule has 0 aromatic carbocycles. The van der Waals surface area contributed by atoms with Gasteiger partial charge in [0, 0.05) is 5.97 Å². The summed E-state index contributed by atoms with van der Waals surface area (Å²) in [6, 6.07) is 0. The van der Waals surface area contributed by atoms with Gasteiger partial charge in [-0.2, -0.15) is 0 Å². The molecule has 0 unspecified atom stereocenters. The van der Waals surface area contributed by atoms with Crippen molar-refractivity contribution in [3.05, 3.63) is 0 Å². The van der Waals surface area contributed by atoms with Crippen LogP contribution in [0.25, 0.3) is 0 Å². The molecule has 0 bridgehead atoms. The summed E-state index contributed by atoms with van der Waals surface area (Å²) in [4.78, 5) is 10.1. The van der Waals surface area contributed by atoms with Gasteiger partial charge in [-0.3, -0.25) is 0 Å². The molecule has 0 rings (SSSR count). The van der Waals surface area contributed by atoms with E-state index in [0.717, 1.165) is 12.8 Å². The topological polar surface area (TPSA) is 58.6 Å². The van der Waals surface area contributed by atoms with E-state index in [1.54, 1.807) is 0 Å². The van der Waals surface area contributed by atoms with Crippen LogP contribution in [0.15, 0.2) is 0 Å². The zero-order valence-corrected chi connectivity index (χ0v) is 17.1. The van der Waals surface area contributed by atoms with Crippen LogP contribution in [0.3, 0.4) is 0 Å². The number of hydrogen-bond donors (Lipinski definition) is 0. The second-order valence-electron chi connectivity index (χ2n) is 6.42. The Morgan fingerprint density at radius 2 is 1.22 bits per heavy atom. The number of carbonyl (C=O) groups is 1. The first kappa shape index (κ1) is 25.2. The largest absolute Gasteiger partial charge is 0.550 e. The number of aliphatic carboxylic acids is 1. The van der Waals surface area contributed by atoms with Crippen molar-refractivity contribution in [3.63, 3.8) is 0 Å². The summed E-state index contributed by atoms with van der Waals surface area (Å²) in [6.07, 6.45) is 11.8. The van der Waals surface area contributed by atoms with Crippen molar-refractivity contribution in [2.45, 2.75) is 111 Å². The van der Waals surface area contributed by atoms with Crippen LogP contribution >= 0.6 is 0 Å². The monoisotopic (exact) mass is 344 g/mol. The summed E-state index contributed by atoms with van der Waals surface area (Å²) in [5, 5.41) is 10.1. The van der Waals surface area contributed by atoms with Gasteiger partial charge in [0.05, 0.1) is 0 Å². The second-order valence-corrected chi connectivity index (χ2v) is 7.15. The summed E-state index contributed by atoms with van der Waals surface area (Å²) in [6.45, 7) is 10.3. The van der Waals surface area contributed by atoms with Crippen LogP contribution in [0.5, 0.6) is 0 Å². The van der Waals surface area contributed by atoms with Gasteiger partial charge in [-0.25, -0.2) is 0 Å². The number of rotatable bonds is 14. The summed E-state index contributed by atoms with van der Waals surface area (Å²) >= 11 is -0.245. The number of carboxylic acids is 1. The zero-order chi connectivity index (χ0) is 17.9. The van der Waals surface area contributed by atoms with Crippen molar-refractivity contribution >= 4 is 21.9 Å². The maximum Gasteiger partial charge on any atom is 0.0414 e. The maximum atomic E-state index is 10.1. The molecule has 0 N–H and O–H groups in total. The predicted molar refractivity (Wildman–Crippen MR) is 95.0 cm³/mol. The van der Waals surface area contributed by atoms with E-state index >= 15 is 0 Å². The van der Waals surface area contributed by atoms with Gasteiger partial charge in [0.2, 0.25) is 0 Å². The molecule has 0 atom stereocenters. The number of hydrogen-bond acceptors (Lipinski definition) is 4. The molecule has 0 fully saturated rings. The van der Waals surface area contributed by atoms with Crippen LogP contribution in [0, 0.1) is 0 Å². The van der Waals surface area contributed by atoms with Gasteiger partial charge in [-0.15, -0.1) is 0 Å². The van der Waals surface area contributed by atoms with Gasteiger partial charge in [0.1, 0.15) is 0 Å². The molecule has 0 heterocycles. The van der Waals surface area contributed by atoms with Crippen LogP contribution in [0.4, 0.5) is 0 Å². The zero-order valence-electron chi connectivity index (χ0n) is 15.9. The van der Waals surface area contributed by atoms with Crippen LogP contribution < -0.4 is 5.11 Å². The Morgan fingerprint density at radius 1 is 0.826 bits per heavy atom. The fraction of sp³-hybridized carbons (Fsp3) is 0.944. The van der Waals surface area contributed by atoms with Crippen LogP contribution in [-0.4, -0.2) is 34.1 Å². The van der Waals surface area contributed by atoms with Gasteiger partial charge in [-0.05, 0) is 12.8 Å². The van der Waals surface area contributed by atoms with Gasteiger partial charge in [0.15, 0.2) is 0 Å². The fourth-order valence-electron chi connectivity index (χ4n) is 1.83. The molecule has 0 aliphatic carbocycles. The Hall–Kier alpha value is -0.0775. The van der Waals surface area contributed by atoms with Crippen LogP contribution in [0.1, 0.15) is 98.8 Å². The van der Waals surface area contributed by atoms with E-state index in [1.807, 2.05) is 27.7 Å². The molecule has 4 nitrogen and oxygen atoms in total. The molecule has 0 aromatic rings. The van der Waals surface area contributed by atoms with Gasteiger partial charge >= 0.3 is 63.4 Å². The first-order valence-corrected chi connectivity index (χ1v) is 10.2. The SMILES string of the molecule is CC(C)[O][Al+][O]C(C)C.CCCCCCCCCCCC(=O)[O-]. The smallest absolute Gasteiger partial charge is 0.0414 e. The third-order valence-corrected chi connectivity index (χ3v) is 4.45. The molecule has 0 aliphatic rings. The fourth-order valence-corrected chi connectivity index (χ4v) is 2.34. The molecule has 0 radical (unpaired) electrons. The molecule has 0 saturated carbocycles. The number of carbonyl (C=O) groups excluding carboxylic acids is 1. The minimum absolute atomic E-state index is 0.232. The molecule has 0 amide bonds. The first-order valence-electron chi connectivity index (χ1n) is 9.22. The molecule has 0 aliphatic heterocycles. The third kappa shape index (κ3) is 30.4. The van der Waals surface area contributed by atoms with Crippen molar-refractivity contribution in [2.24, 2.45) is 0 Å². The molecular weight excluding hydrogens is 307 g/mol. The molecule has 5 heteroatoms. The average Bonchev–Trinajstić information content (AvgIpc) is 2.45. The van der Waals surface area contributed by atoms with Crippen molar-refractivity contribution < 1.29 is 17.5 Å². The Bertz CT molecular complexity index is 237. The van der Waals surface area contributed by atoms with Crippen molar-refractivity contribution in [3.8, 4) is 0 Å². The van der Waals surface area contributed by atoms with Gasteiger partial charge in [0.25, 0.3) is 0 Å². The van der Waals surface area contributed by atoms with E-state index in [0.29, 0.717) is 12.2 Å². The van der Waals surface area contributed by atoms with Gasteiger partial charge in [-0.1, -0.05) is 58.3 Å². The summed E-state index contributed by atoms with van der Waals surface area (Å²) in [7, 11) is 0. The average molecular weight is 344 g/mol. The molecule has 0 aromatic heterocycles.